The molecule has 0 aliphatic carbocycles. The molecule has 11 heavy (non-hydrogen) atoms. The second-order valence-corrected chi connectivity index (χ2v) is 2.58. The van der Waals surface area contributed by atoms with Crippen molar-refractivity contribution in [1.29, 1.82) is 0 Å². The molecule has 0 fully saturated rings. The zero-order valence-electron chi connectivity index (χ0n) is 6.62. The average Bonchev–Trinajstić information content (AvgIpc) is 2.04. The Hall–Kier alpha value is -0.860. The van der Waals surface area contributed by atoms with Gasteiger partial charge in [-0.1, -0.05) is 24.3 Å². The zero-order valence-corrected chi connectivity index (χ0v) is 6.62. The molecule has 0 aromatic heterocycles. The largest absolute Gasteiger partial charge is 0.389 e. The highest BCUT2D eigenvalue weighted by atomic mass is 16.3. The van der Waals surface area contributed by atoms with Gasteiger partial charge >= 0.3 is 0 Å². The van der Waals surface area contributed by atoms with Crippen LogP contribution in [0.15, 0.2) is 24.3 Å². The zero-order chi connectivity index (χ0) is 8.27. The van der Waals surface area contributed by atoms with Crippen LogP contribution in [0.2, 0.25) is 0 Å². The van der Waals surface area contributed by atoms with Gasteiger partial charge in [0.2, 0.25) is 0 Å². The molecule has 1 atom stereocenters. The fraction of sp³-hybridized carbons (Fsp3) is 0.333. The Morgan fingerprint density at radius 3 is 2.55 bits per heavy atom. The molecule has 0 heterocycles. The predicted octanol–water partition coefficient (Wildman–Crippen LogP) is 1.20. The molecule has 1 aromatic rings. The summed E-state index contributed by atoms with van der Waals surface area (Å²) in [5.74, 6) is 0. The number of hydrogen-bond acceptors (Lipinski definition) is 2. The van der Waals surface area contributed by atoms with Crippen molar-refractivity contribution in [3.63, 3.8) is 0 Å². The summed E-state index contributed by atoms with van der Waals surface area (Å²) in [5.41, 5.74) is 7.42. The number of nitrogens with two attached hydrogens (primary N) is 1. The third-order valence-corrected chi connectivity index (χ3v) is 1.73. The Balaban J connectivity index is 3.02. The second-order valence-electron chi connectivity index (χ2n) is 2.58. The van der Waals surface area contributed by atoms with Crippen molar-refractivity contribution in [3.8, 4) is 0 Å². The Bertz CT molecular complexity index is 233. The smallest absolute Gasteiger partial charge is 0.0765 e. The molecule has 0 saturated heterocycles. The maximum Gasteiger partial charge on any atom is 0.0765 e. The van der Waals surface area contributed by atoms with Crippen molar-refractivity contribution < 1.29 is 5.11 Å². The van der Waals surface area contributed by atoms with Crippen LogP contribution in [-0.4, -0.2) is 5.11 Å². The molecule has 0 aliphatic rings. The lowest BCUT2D eigenvalue weighted by Gasteiger charge is -2.08. The summed E-state index contributed by atoms with van der Waals surface area (Å²) in [4.78, 5) is 0. The highest BCUT2D eigenvalue weighted by Crippen LogP contribution is 2.16. The van der Waals surface area contributed by atoms with E-state index in [4.69, 9.17) is 5.73 Å². The number of aliphatic hydroxyl groups excluding tert-OH is 1. The first kappa shape index (κ1) is 8.24. The molecule has 0 spiro atoms. The van der Waals surface area contributed by atoms with Gasteiger partial charge < -0.3 is 10.8 Å². The maximum atomic E-state index is 9.28. The van der Waals surface area contributed by atoms with Gasteiger partial charge in [-0.2, -0.15) is 0 Å². The SMILES string of the molecule is CC(O)c1ccccc1CN. The quantitative estimate of drug-likeness (QED) is 0.667. The molecule has 3 N–H and O–H groups in total. The fourth-order valence-corrected chi connectivity index (χ4v) is 1.13. The average molecular weight is 151 g/mol. The monoisotopic (exact) mass is 151 g/mol. The van der Waals surface area contributed by atoms with Crippen LogP contribution in [0, 0.1) is 0 Å². The van der Waals surface area contributed by atoms with E-state index in [0.717, 1.165) is 11.1 Å². The lowest BCUT2D eigenvalue weighted by molar-refractivity contribution is 0.198. The van der Waals surface area contributed by atoms with E-state index in [9.17, 15) is 5.11 Å². The minimum atomic E-state index is -0.422. The third kappa shape index (κ3) is 1.79. The summed E-state index contributed by atoms with van der Waals surface area (Å²) in [6.45, 7) is 2.23. The van der Waals surface area contributed by atoms with Crippen molar-refractivity contribution in [1.82, 2.24) is 0 Å². The summed E-state index contributed by atoms with van der Waals surface area (Å²) < 4.78 is 0. The molecule has 0 amide bonds. The number of rotatable bonds is 2. The van der Waals surface area contributed by atoms with Crippen molar-refractivity contribution in [2.24, 2.45) is 5.73 Å². The first-order valence-electron chi connectivity index (χ1n) is 3.71. The summed E-state index contributed by atoms with van der Waals surface area (Å²) in [7, 11) is 0. The van der Waals surface area contributed by atoms with E-state index in [1.54, 1.807) is 6.92 Å². The molecule has 2 nitrogen and oxygen atoms in total. The van der Waals surface area contributed by atoms with E-state index in [2.05, 4.69) is 0 Å². The minimum Gasteiger partial charge on any atom is -0.389 e. The normalized spacial score (nSPS) is 13.0. The Kier molecular flexibility index (Phi) is 2.63. The molecule has 1 rings (SSSR count). The van der Waals surface area contributed by atoms with Crippen LogP contribution in [-0.2, 0) is 6.54 Å². The molecule has 1 aromatic carbocycles. The van der Waals surface area contributed by atoms with Gasteiger partial charge in [0.1, 0.15) is 0 Å². The molecule has 2 heteroatoms. The van der Waals surface area contributed by atoms with Crippen LogP contribution in [0.3, 0.4) is 0 Å². The van der Waals surface area contributed by atoms with Crippen molar-refractivity contribution >= 4 is 0 Å². The first-order valence-corrected chi connectivity index (χ1v) is 3.71. The van der Waals surface area contributed by atoms with E-state index in [-0.39, 0.29) is 0 Å². The standard InChI is InChI=1S/C9H13NO/c1-7(11)9-5-3-2-4-8(9)6-10/h2-5,7,11H,6,10H2,1H3. The fourth-order valence-electron chi connectivity index (χ4n) is 1.13. The number of aliphatic hydroxyl groups is 1. The number of benzene rings is 1. The maximum absolute atomic E-state index is 9.28. The molecular formula is C9H13NO. The summed E-state index contributed by atoms with van der Waals surface area (Å²) >= 11 is 0. The van der Waals surface area contributed by atoms with E-state index in [0.29, 0.717) is 6.54 Å². The predicted molar refractivity (Wildman–Crippen MR) is 45.0 cm³/mol. The van der Waals surface area contributed by atoms with Crippen LogP contribution in [0.25, 0.3) is 0 Å². The highest BCUT2D eigenvalue weighted by Gasteiger charge is 2.03. The molecule has 0 saturated carbocycles. The topological polar surface area (TPSA) is 46.2 Å². The third-order valence-electron chi connectivity index (χ3n) is 1.73. The van der Waals surface area contributed by atoms with Gasteiger partial charge in [-0.3, -0.25) is 0 Å². The molecule has 1 unspecified atom stereocenters. The van der Waals surface area contributed by atoms with Crippen LogP contribution >= 0.6 is 0 Å². The first-order chi connectivity index (χ1) is 5.25. The molecule has 0 aliphatic heterocycles. The molecule has 0 radical (unpaired) electrons. The van der Waals surface area contributed by atoms with E-state index in [1.807, 2.05) is 24.3 Å². The van der Waals surface area contributed by atoms with Crippen LogP contribution in [0.5, 0.6) is 0 Å². The molecule has 60 valence electrons. The van der Waals surface area contributed by atoms with Gasteiger partial charge in [0, 0.05) is 6.54 Å². The van der Waals surface area contributed by atoms with Crippen LogP contribution in [0.4, 0.5) is 0 Å². The Morgan fingerprint density at radius 2 is 2.09 bits per heavy atom. The van der Waals surface area contributed by atoms with Gasteiger partial charge in [-0.25, -0.2) is 0 Å². The van der Waals surface area contributed by atoms with E-state index >= 15 is 0 Å². The van der Waals surface area contributed by atoms with Gasteiger partial charge in [0.25, 0.3) is 0 Å². The van der Waals surface area contributed by atoms with Gasteiger partial charge in [-0.15, -0.1) is 0 Å². The Morgan fingerprint density at radius 1 is 1.45 bits per heavy atom. The summed E-state index contributed by atoms with van der Waals surface area (Å²) in [6.07, 6.45) is -0.422. The van der Waals surface area contributed by atoms with Crippen molar-refractivity contribution in [2.75, 3.05) is 0 Å². The van der Waals surface area contributed by atoms with Crippen molar-refractivity contribution in [2.45, 2.75) is 19.6 Å². The lowest BCUT2D eigenvalue weighted by Crippen LogP contribution is -2.03. The van der Waals surface area contributed by atoms with Crippen LogP contribution < -0.4 is 5.73 Å². The van der Waals surface area contributed by atoms with Crippen LogP contribution in [0.1, 0.15) is 24.2 Å². The van der Waals surface area contributed by atoms with E-state index in [1.165, 1.54) is 0 Å². The Labute approximate surface area is 66.7 Å². The highest BCUT2D eigenvalue weighted by molar-refractivity contribution is 5.28. The molecule has 0 bridgehead atoms. The lowest BCUT2D eigenvalue weighted by atomic mass is 10.0. The van der Waals surface area contributed by atoms with Gasteiger partial charge in [0.15, 0.2) is 0 Å². The summed E-state index contributed by atoms with van der Waals surface area (Å²) in [6, 6.07) is 7.66. The van der Waals surface area contributed by atoms with Gasteiger partial charge in [-0.05, 0) is 18.1 Å². The number of hydrogen-bond donors (Lipinski definition) is 2. The summed E-state index contributed by atoms with van der Waals surface area (Å²) in [5, 5.41) is 9.28. The second kappa shape index (κ2) is 3.51. The van der Waals surface area contributed by atoms with E-state index < -0.39 is 6.10 Å². The minimum absolute atomic E-state index is 0.422. The molecular weight excluding hydrogens is 138 g/mol. The van der Waals surface area contributed by atoms with Gasteiger partial charge in [0.05, 0.1) is 6.10 Å². The van der Waals surface area contributed by atoms with Crippen molar-refractivity contribution in [3.05, 3.63) is 35.4 Å².